The summed E-state index contributed by atoms with van der Waals surface area (Å²) >= 11 is 1.28. The molecule has 1 heterocycles. The first-order chi connectivity index (χ1) is 15.5. The van der Waals surface area contributed by atoms with Gasteiger partial charge in [-0.2, -0.15) is 0 Å². The van der Waals surface area contributed by atoms with Crippen LogP contribution in [0.2, 0.25) is 0 Å². The molecule has 0 saturated heterocycles. The molecule has 6 heteroatoms. The molecule has 2 amide bonds. The number of carbonyl (C=O) groups excluding carboxylic acids is 2. The van der Waals surface area contributed by atoms with Crippen molar-refractivity contribution in [2.75, 3.05) is 17.3 Å². The first kappa shape index (κ1) is 21.7. The molecule has 3 aromatic carbocycles. The van der Waals surface area contributed by atoms with Crippen molar-refractivity contribution >= 4 is 35.0 Å². The maximum atomic E-state index is 13.4. The zero-order valence-corrected chi connectivity index (χ0v) is 19.0. The van der Waals surface area contributed by atoms with Gasteiger partial charge in [-0.1, -0.05) is 55.9 Å². The summed E-state index contributed by atoms with van der Waals surface area (Å²) in [6, 6.07) is 24.4. The summed E-state index contributed by atoms with van der Waals surface area (Å²) in [6.45, 7) is 4.21. The van der Waals surface area contributed by atoms with Gasteiger partial charge in [-0.25, -0.2) is 4.90 Å². The predicted molar refractivity (Wildman–Crippen MR) is 129 cm³/mol. The van der Waals surface area contributed by atoms with Crippen molar-refractivity contribution in [1.82, 2.24) is 0 Å². The number of imide groups is 1. The van der Waals surface area contributed by atoms with Gasteiger partial charge in [-0.3, -0.25) is 9.59 Å². The Kier molecular flexibility index (Phi) is 6.32. The third-order valence-electron chi connectivity index (χ3n) is 5.18. The number of anilines is 2. The van der Waals surface area contributed by atoms with Crippen LogP contribution in [0.15, 0.2) is 94.4 Å². The van der Waals surface area contributed by atoms with E-state index in [1.165, 1.54) is 16.7 Å². The fraction of sp³-hybridized carbons (Fsp3) is 0.154. The predicted octanol–water partition coefficient (Wildman–Crippen LogP) is 5.81. The standard InChI is InChI=1S/C26H24N2O3S/c1-17(2)18-9-13-20(14-10-18)28-25(29)23(27-19-11-15-21(31-3)16-12-19)24(26(28)30)32-22-7-5-4-6-8-22/h4-17,27H,1-3H3. The van der Waals surface area contributed by atoms with E-state index < -0.39 is 0 Å². The van der Waals surface area contributed by atoms with Gasteiger partial charge in [0.25, 0.3) is 11.8 Å². The first-order valence-electron chi connectivity index (χ1n) is 10.3. The molecule has 32 heavy (non-hydrogen) atoms. The largest absolute Gasteiger partial charge is 0.497 e. The minimum absolute atomic E-state index is 0.266. The van der Waals surface area contributed by atoms with Crippen molar-refractivity contribution in [1.29, 1.82) is 0 Å². The van der Waals surface area contributed by atoms with Crippen LogP contribution in [0.4, 0.5) is 11.4 Å². The fourth-order valence-electron chi connectivity index (χ4n) is 3.38. The van der Waals surface area contributed by atoms with Gasteiger partial charge in [0.2, 0.25) is 0 Å². The zero-order chi connectivity index (χ0) is 22.7. The number of ether oxygens (including phenoxy) is 1. The highest BCUT2D eigenvalue weighted by Crippen LogP contribution is 2.38. The minimum Gasteiger partial charge on any atom is -0.497 e. The number of thioether (sulfide) groups is 1. The molecule has 1 aliphatic rings. The maximum absolute atomic E-state index is 13.4. The Morgan fingerprint density at radius 1 is 0.844 bits per heavy atom. The van der Waals surface area contributed by atoms with Crippen LogP contribution in [-0.4, -0.2) is 18.9 Å². The fourth-order valence-corrected chi connectivity index (χ4v) is 4.33. The van der Waals surface area contributed by atoms with Gasteiger partial charge < -0.3 is 10.1 Å². The zero-order valence-electron chi connectivity index (χ0n) is 18.2. The Morgan fingerprint density at radius 2 is 1.50 bits per heavy atom. The van der Waals surface area contributed by atoms with E-state index >= 15 is 0 Å². The number of amides is 2. The van der Waals surface area contributed by atoms with Crippen LogP contribution in [0.25, 0.3) is 0 Å². The normalized spacial score (nSPS) is 13.8. The smallest absolute Gasteiger partial charge is 0.283 e. The molecule has 162 valence electrons. The van der Waals surface area contributed by atoms with E-state index in [9.17, 15) is 9.59 Å². The number of nitrogens with zero attached hydrogens (tertiary/aromatic N) is 1. The van der Waals surface area contributed by atoms with Gasteiger partial charge in [0.1, 0.15) is 16.4 Å². The number of carbonyl (C=O) groups is 2. The number of nitrogens with one attached hydrogen (secondary N) is 1. The number of rotatable bonds is 7. The van der Waals surface area contributed by atoms with E-state index in [1.54, 1.807) is 19.2 Å². The maximum Gasteiger partial charge on any atom is 0.283 e. The van der Waals surface area contributed by atoms with Crippen LogP contribution in [0.1, 0.15) is 25.3 Å². The molecule has 0 unspecified atom stereocenters. The SMILES string of the molecule is COc1ccc(NC2=C(Sc3ccccc3)C(=O)N(c3ccc(C(C)C)cc3)C2=O)cc1. The quantitative estimate of drug-likeness (QED) is 0.466. The highest BCUT2D eigenvalue weighted by molar-refractivity contribution is 8.04. The molecule has 0 fully saturated rings. The summed E-state index contributed by atoms with van der Waals surface area (Å²) in [5.74, 6) is 0.367. The van der Waals surface area contributed by atoms with Crippen LogP contribution < -0.4 is 15.0 Å². The minimum atomic E-state index is -0.374. The van der Waals surface area contributed by atoms with E-state index in [2.05, 4.69) is 19.2 Å². The lowest BCUT2D eigenvalue weighted by atomic mass is 10.0. The monoisotopic (exact) mass is 444 g/mol. The summed E-state index contributed by atoms with van der Waals surface area (Å²) in [6.07, 6.45) is 0. The number of benzene rings is 3. The average Bonchev–Trinajstić information content (AvgIpc) is 3.04. The molecule has 0 aromatic heterocycles. The van der Waals surface area contributed by atoms with Gasteiger partial charge >= 0.3 is 0 Å². The molecular formula is C26H24N2O3S. The van der Waals surface area contributed by atoms with Gasteiger partial charge in [0.15, 0.2) is 0 Å². The molecule has 0 bridgehead atoms. The van der Waals surface area contributed by atoms with Crippen LogP contribution in [0.5, 0.6) is 5.75 Å². The van der Waals surface area contributed by atoms with Gasteiger partial charge in [-0.15, -0.1) is 0 Å². The first-order valence-corrected chi connectivity index (χ1v) is 11.2. The molecule has 1 aliphatic heterocycles. The summed E-state index contributed by atoms with van der Waals surface area (Å²) in [5, 5.41) is 3.16. The van der Waals surface area contributed by atoms with Gasteiger partial charge in [0, 0.05) is 10.6 Å². The Balaban J connectivity index is 1.70. The van der Waals surface area contributed by atoms with E-state index in [0.717, 1.165) is 10.5 Å². The Labute approximate surface area is 192 Å². The van der Waals surface area contributed by atoms with Gasteiger partial charge in [0.05, 0.1) is 12.8 Å². The lowest BCUT2D eigenvalue weighted by molar-refractivity contribution is -0.120. The van der Waals surface area contributed by atoms with Crippen LogP contribution in [0, 0.1) is 0 Å². The molecule has 4 rings (SSSR count). The summed E-state index contributed by atoms with van der Waals surface area (Å²) in [5.41, 5.74) is 2.67. The van der Waals surface area contributed by atoms with E-state index in [4.69, 9.17) is 4.74 Å². The molecule has 0 saturated carbocycles. The molecule has 5 nitrogen and oxygen atoms in total. The molecule has 0 spiro atoms. The third-order valence-corrected chi connectivity index (χ3v) is 6.27. The van der Waals surface area contributed by atoms with E-state index in [1.807, 2.05) is 66.7 Å². The lowest BCUT2D eigenvalue weighted by Crippen LogP contribution is -2.32. The van der Waals surface area contributed by atoms with Crippen molar-refractivity contribution in [3.05, 3.63) is 95.0 Å². The molecule has 0 radical (unpaired) electrons. The Bertz CT molecular complexity index is 1150. The highest BCUT2D eigenvalue weighted by atomic mass is 32.2. The molecule has 3 aromatic rings. The third kappa shape index (κ3) is 4.41. The summed E-state index contributed by atoms with van der Waals surface area (Å²) in [7, 11) is 1.60. The van der Waals surface area contributed by atoms with Crippen molar-refractivity contribution < 1.29 is 14.3 Å². The van der Waals surface area contributed by atoms with E-state index in [0.29, 0.717) is 27.9 Å². The van der Waals surface area contributed by atoms with Crippen molar-refractivity contribution in [3.63, 3.8) is 0 Å². The second-order valence-electron chi connectivity index (χ2n) is 7.66. The summed E-state index contributed by atoms with van der Waals surface area (Å²) in [4.78, 5) is 29.3. The van der Waals surface area contributed by atoms with Crippen LogP contribution in [0.3, 0.4) is 0 Å². The Hall–Kier alpha value is -3.51. The molecule has 0 atom stereocenters. The number of hydrogen-bond acceptors (Lipinski definition) is 5. The van der Waals surface area contributed by atoms with Crippen molar-refractivity contribution in [2.45, 2.75) is 24.7 Å². The van der Waals surface area contributed by atoms with Gasteiger partial charge in [-0.05, 0) is 60.0 Å². The van der Waals surface area contributed by atoms with E-state index in [-0.39, 0.29) is 17.5 Å². The average molecular weight is 445 g/mol. The second kappa shape index (κ2) is 9.32. The second-order valence-corrected chi connectivity index (χ2v) is 8.75. The lowest BCUT2D eigenvalue weighted by Gasteiger charge is -2.16. The summed E-state index contributed by atoms with van der Waals surface area (Å²) < 4.78 is 5.21. The number of hydrogen-bond donors (Lipinski definition) is 1. The van der Waals surface area contributed by atoms with Crippen molar-refractivity contribution in [2.24, 2.45) is 0 Å². The topological polar surface area (TPSA) is 58.6 Å². The van der Waals surface area contributed by atoms with Crippen LogP contribution in [-0.2, 0) is 9.59 Å². The van der Waals surface area contributed by atoms with Crippen LogP contribution >= 0.6 is 11.8 Å². The molecule has 0 aliphatic carbocycles. The molecule has 1 N–H and O–H groups in total. The highest BCUT2D eigenvalue weighted by Gasteiger charge is 2.40. The Morgan fingerprint density at radius 3 is 2.09 bits per heavy atom. The number of methoxy groups -OCH3 is 1. The molecular weight excluding hydrogens is 420 g/mol. The van der Waals surface area contributed by atoms with Crippen molar-refractivity contribution in [3.8, 4) is 5.75 Å².